The van der Waals surface area contributed by atoms with Crippen molar-refractivity contribution in [3.63, 3.8) is 0 Å². The number of phenolic OH excluding ortho intramolecular Hbond substituents is 1. The van der Waals surface area contributed by atoms with Gasteiger partial charge in [0.1, 0.15) is 11.6 Å². The van der Waals surface area contributed by atoms with E-state index in [9.17, 15) is 14.3 Å². The molecule has 4 heteroatoms. The van der Waals surface area contributed by atoms with Gasteiger partial charge in [0.15, 0.2) is 0 Å². The lowest BCUT2D eigenvalue weighted by atomic mass is 9.89. The van der Waals surface area contributed by atoms with Gasteiger partial charge in [0, 0.05) is 5.92 Å². The van der Waals surface area contributed by atoms with Crippen molar-refractivity contribution in [1.82, 2.24) is 0 Å². The van der Waals surface area contributed by atoms with Crippen molar-refractivity contribution in [2.24, 2.45) is 5.92 Å². The molecule has 3 nitrogen and oxygen atoms in total. The number of benzene rings is 1. The first-order valence-electron chi connectivity index (χ1n) is 5.70. The van der Waals surface area contributed by atoms with Crippen molar-refractivity contribution in [3.8, 4) is 5.75 Å². The molecule has 0 saturated heterocycles. The van der Waals surface area contributed by atoms with Gasteiger partial charge in [0.05, 0.1) is 6.42 Å². The fourth-order valence-corrected chi connectivity index (χ4v) is 2.26. The molecule has 0 bridgehead atoms. The summed E-state index contributed by atoms with van der Waals surface area (Å²) in [6, 6.07) is 2.71. The number of aryl methyl sites for hydroxylation is 1. The van der Waals surface area contributed by atoms with Crippen LogP contribution in [0, 0.1) is 18.7 Å². The largest absolute Gasteiger partial charge is 0.508 e. The van der Waals surface area contributed by atoms with Crippen LogP contribution in [0.4, 0.5) is 4.39 Å². The summed E-state index contributed by atoms with van der Waals surface area (Å²) in [6.07, 6.45) is 1.79. The molecule has 17 heavy (non-hydrogen) atoms. The number of halogens is 1. The van der Waals surface area contributed by atoms with Gasteiger partial charge in [0.25, 0.3) is 0 Å². The lowest BCUT2D eigenvalue weighted by Crippen LogP contribution is -2.10. The number of rotatable bonds is 4. The molecule has 0 aromatic heterocycles. The van der Waals surface area contributed by atoms with E-state index in [1.54, 1.807) is 6.92 Å². The highest BCUT2D eigenvalue weighted by atomic mass is 19.1. The number of carboxylic acid groups (broad SMARTS) is 1. The zero-order valence-corrected chi connectivity index (χ0v) is 9.61. The van der Waals surface area contributed by atoms with Gasteiger partial charge in [-0.05, 0) is 48.9 Å². The fraction of sp³-hybridized carbons (Fsp3) is 0.462. The van der Waals surface area contributed by atoms with Crippen LogP contribution in [-0.2, 0) is 4.79 Å². The third-order valence-electron chi connectivity index (χ3n) is 3.25. The number of hydrogen-bond donors (Lipinski definition) is 2. The number of aromatic hydroxyl groups is 1. The number of carbonyl (C=O) groups is 1. The van der Waals surface area contributed by atoms with E-state index in [0.29, 0.717) is 11.1 Å². The van der Waals surface area contributed by atoms with Crippen molar-refractivity contribution >= 4 is 5.97 Å². The Balaban J connectivity index is 2.38. The first-order valence-corrected chi connectivity index (χ1v) is 5.70. The molecule has 1 aliphatic carbocycles. The molecule has 1 saturated carbocycles. The van der Waals surface area contributed by atoms with Crippen LogP contribution in [0.15, 0.2) is 12.1 Å². The topological polar surface area (TPSA) is 57.5 Å². The summed E-state index contributed by atoms with van der Waals surface area (Å²) >= 11 is 0. The molecule has 0 aliphatic heterocycles. The number of phenols is 1. The molecule has 0 amide bonds. The second-order valence-electron chi connectivity index (χ2n) is 4.71. The third-order valence-corrected chi connectivity index (χ3v) is 3.25. The highest BCUT2D eigenvalue weighted by Crippen LogP contribution is 2.46. The Labute approximate surface area is 98.9 Å². The van der Waals surface area contributed by atoms with E-state index >= 15 is 0 Å². The van der Waals surface area contributed by atoms with E-state index in [-0.39, 0.29) is 29.8 Å². The lowest BCUT2D eigenvalue weighted by molar-refractivity contribution is -0.137. The van der Waals surface area contributed by atoms with E-state index in [0.717, 1.165) is 12.8 Å². The van der Waals surface area contributed by atoms with E-state index in [2.05, 4.69) is 0 Å². The van der Waals surface area contributed by atoms with Gasteiger partial charge in [-0.1, -0.05) is 0 Å². The smallest absolute Gasteiger partial charge is 0.303 e. The van der Waals surface area contributed by atoms with E-state index < -0.39 is 5.97 Å². The van der Waals surface area contributed by atoms with Gasteiger partial charge >= 0.3 is 5.97 Å². The molecule has 1 aromatic carbocycles. The average Bonchev–Trinajstić information content (AvgIpc) is 3.03. The minimum absolute atomic E-state index is 0.00469. The molecule has 1 unspecified atom stereocenters. The maximum absolute atomic E-state index is 14.0. The molecular weight excluding hydrogens is 223 g/mol. The number of aliphatic carboxylic acids is 1. The van der Waals surface area contributed by atoms with Crippen molar-refractivity contribution in [2.45, 2.75) is 32.1 Å². The maximum atomic E-state index is 14.0. The first kappa shape index (κ1) is 11.9. The van der Waals surface area contributed by atoms with Crippen LogP contribution in [0.5, 0.6) is 5.75 Å². The van der Waals surface area contributed by atoms with Crippen LogP contribution in [0.1, 0.15) is 36.3 Å². The summed E-state index contributed by atoms with van der Waals surface area (Å²) < 4.78 is 14.0. The predicted molar refractivity (Wildman–Crippen MR) is 60.5 cm³/mol. The predicted octanol–water partition coefficient (Wildman–Crippen LogP) is 2.81. The fourth-order valence-electron chi connectivity index (χ4n) is 2.26. The van der Waals surface area contributed by atoms with Crippen LogP contribution < -0.4 is 0 Å². The van der Waals surface area contributed by atoms with Crippen molar-refractivity contribution in [2.75, 3.05) is 0 Å². The molecule has 1 aromatic rings. The summed E-state index contributed by atoms with van der Waals surface area (Å²) in [6.45, 7) is 1.57. The van der Waals surface area contributed by atoms with Gasteiger partial charge in [-0.3, -0.25) is 4.79 Å². The summed E-state index contributed by atoms with van der Waals surface area (Å²) in [5.41, 5.74) is 0.698. The van der Waals surface area contributed by atoms with E-state index in [1.807, 2.05) is 0 Å². The van der Waals surface area contributed by atoms with Crippen LogP contribution >= 0.6 is 0 Å². The molecule has 92 valence electrons. The number of carboxylic acids is 1. The van der Waals surface area contributed by atoms with Gasteiger partial charge in [-0.15, -0.1) is 0 Å². The molecule has 2 rings (SSSR count). The zero-order valence-electron chi connectivity index (χ0n) is 9.61. The Morgan fingerprint density at radius 3 is 2.71 bits per heavy atom. The molecule has 0 spiro atoms. The second kappa shape index (κ2) is 4.35. The molecule has 1 aliphatic rings. The quantitative estimate of drug-likeness (QED) is 0.848. The molecule has 0 heterocycles. The van der Waals surface area contributed by atoms with Crippen LogP contribution in [0.25, 0.3) is 0 Å². The zero-order chi connectivity index (χ0) is 12.6. The Hall–Kier alpha value is -1.58. The summed E-state index contributed by atoms with van der Waals surface area (Å²) in [5, 5.41) is 18.4. The SMILES string of the molecule is Cc1cc(O)cc(C(CC(=O)O)C2CC2)c1F. The number of hydrogen-bond acceptors (Lipinski definition) is 2. The van der Waals surface area contributed by atoms with Gasteiger partial charge in [-0.2, -0.15) is 0 Å². The van der Waals surface area contributed by atoms with E-state index in [4.69, 9.17) is 5.11 Å². The molecule has 2 N–H and O–H groups in total. The maximum Gasteiger partial charge on any atom is 0.303 e. The van der Waals surface area contributed by atoms with Gasteiger partial charge in [-0.25, -0.2) is 4.39 Å². The summed E-state index contributed by atoms with van der Waals surface area (Å²) in [4.78, 5) is 10.8. The molecule has 1 fully saturated rings. The van der Waals surface area contributed by atoms with Gasteiger partial charge in [0.2, 0.25) is 0 Å². The van der Waals surface area contributed by atoms with Crippen molar-refractivity contribution in [3.05, 3.63) is 29.1 Å². The lowest BCUT2D eigenvalue weighted by Gasteiger charge is -2.16. The Kier molecular flexibility index (Phi) is 3.05. The Morgan fingerprint density at radius 2 is 2.18 bits per heavy atom. The third kappa shape index (κ3) is 2.57. The van der Waals surface area contributed by atoms with Crippen LogP contribution in [0.3, 0.4) is 0 Å². The summed E-state index contributed by atoms with van der Waals surface area (Å²) in [7, 11) is 0. The van der Waals surface area contributed by atoms with Crippen LogP contribution in [-0.4, -0.2) is 16.2 Å². The monoisotopic (exact) mass is 238 g/mol. The second-order valence-corrected chi connectivity index (χ2v) is 4.71. The van der Waals surface area contributed by atoms with Gasteiger partial charge < -0.3 is 10.2 Å². The minimum Gasteiger partial charge on any atom is -0.508 e. The Bertz CT molecular complexity index is 452. The van der Waals surface area contributed by atoms with Crippen molar-refractivity contribution < 1.29 is 19.4 Å². The molecular formula is C13H15FO3. The standard InChI is InChI=1S/C13H15FO3/c1-7-4-9(15)5-11(13(7)14)10(6-12(16)17)8-2-3-8/h4-5,8,10,15H,2-3,6H2,1H3,(H,16,17). The molecule has 0 radical (unpaired) electrons. The van der Waals surface area contributed by atoms with Crippen molar-refractivity contribution in [1.29, 1.82) is 0 Å². The minimum atomic E-state index is -0.928. The Morgan fingerprint density at radius 1 is 1.53 bits per heavy atom. The van der Waals surface area contributed by atoms with E-state index in [1.165, 1.54) is 12.1 Å². The normalized spacial score (nSPS) is 16.8. The highest BCUT2D eigenvalue weighted by molar-refractivity contribution is 5.68. The summed E-state index contributed by atoms with van der Waals surface area (Å²) in [5.74, 6) is -1.40. The average molecular weight is 238 g/mol. The van der Waals surface area contributed by atoms with Crippen LogP contribution in [0.2, 0.25) is 0 Å². The highest BCUT2D eigenvalue weighted by Gasteiger charge is 2.35. The molecule has 1 atom stereocenters. The first-order chi connectivity index (χ1) is 7.99.